The summed E-state index contributed by atoms with van der Waals surface area (Å²) in [4.78, 5) is 0. The monoisotopic (exact) mass is 220 g/mol. The largest absolute Gasteiger partial charge is 0.0716 e. The Hall–Kier alpha value is -1.82. The van der Waals surface area contributed by atoms with Crippen LogP contribution in [0, 0.1) is 13.8 Å². The summed E-state index contributed by atoms with van der Waals surface area (Å²) in [6.45, 7) is 4.34. The second kappa shape index (κ2) is 3.89. The Morgan fingerprint density at radius 1 is 0.882 bits per heavy atom. The average molecular weight is 220 g/mol. The van der Waals surface area contributed by atoms with E-state index in [-0.39, 0.29) is 0 Å². The maximum Gasteiger partial charge on any atom is -0.00819 e. The van der Waals surface area contributed by atoms with Gasteiger partial charge in [-0.1, -0.05) is 48.5 Å². The third-order valence-electron chi connectivity index (χ3n) is 3.65. The lowest BCUT2D eigenvalue weighted by Gasteiger charge is -2.08. The molecule has 84 valence electrons. The molecule has 0 saturated heterocycles. The van der Waals surface area contributed by atoms with E-state index in [1.807, 2.05) is 0 Å². The molecule has 0 heterocycles. The van der Waals surface area contributed by atoms with Crippen molar-refractivity contribution in [2.75, 3.05) is 0 Å². The van der Waals surface area contributed by atoms with Gasteiger partial charge < -0.3 is 0 Å². The lowest BCUT2D eigenvalue weighted by Crippen LogP contribution is -1.89. The molecular weight excluding hydrogens is 204 g/mol. The molecule has 1 aliphatic carbocycles. The van der Waals surface area contributed by atoms with Gasteiger partial charge in [-0.15, -0.1) is 0 Å². The summed E-state index contributed by atoms with van der Waals surface area (Å²) in [5, 5.41) is 0. The van der Waals surface area contributed by atoms with Gasteiger partial charge in [-0.2, -0.15) is 0 Å². The van der Waals surface area contributed by atoms with Gasteiger partial charge in [0.05, 0.1) is 0 Å². The molecule has 0 N–H and O–H groups in total. The summed E-state index contributed by atoms with van der Waals surface area (Å²) in [5.74, 6) is 0. The highest BCUT2D eigenvalue weighted by molar-refractivity contribution is 5.84. The first kappa shape index (κ1) is 10.3. The van der Waals surface area contributed by atoms with E-state index in [2.05, 4.69) is 62.4 Å². The molecule has 2 aromatic rings. The fraction of sp³-hybridized carbons (Fsp3) is 0.176. The van der Waals surface area contributed by atoms with Crippen molar-refractivity contribution in [1.29, 1.82) is 0 Å². The van der Waals surface area contributed by atoms with E-state index in [0.717, 1.165) is 6.42 Å². The van der Waals surface area contributed by atoms with Crippen LogP contribution in [0.1, 0.15) is 27.8 Å². The Morgan fingerprint density at radius 2 is 1.71 bits per heavy atom. The lowest BCUT2D eigenvalue weighted by atomic mass is 9.96. The highest BCUT2D eigenvalue weighted by Crippen LogP contribution is 2.33. The van der Waals surface area contributed by atoms with Gasteiger partial charge in [-0.25, -0.2) is 0 Å². The maximum absolute atomic E-state index is 2.34. The fourth-order valence-corrected chi connectivity index (χ4v) is 2.47. The van der Waals surface area contributed by atoms with E-state index < -0.39 is 0 Å². The predicted octanol–water partition coefficient (Wildman–Crippen LogP) is 4.29. The quantitative estimate of drug-likeness (QED) is 0.672. The van der Waals surface area contributed by atoms with Crippen LogP contribution in [0.2, 0.25) is 0 Å². The van der Waals surface area contributed by atoms with Gasteiger partial charge in [0.15, 0.2) is 0 Å². The van der Waals surface area contributed by atoms with Crippen molar-refractivity contribution in [1.82, 2.24) is 0 Å². The van der Waals surface area contributed by atoms with Gasteiger partial charge >= 0.3 is 0 Å². The zero-order chi connectivity index (χ0) is 11.8. The standard InChI is InChI=1S/C17H16/c1-12-7-8-15(11-13(12)2)17-10-9-14-5-3-4-6-16(14)17/h3-8,10-11H,9H2,1-2H3. The molecule has 0 radical (unpaired) electrons. The Kier molecular flexibility index (Phi) is 2.36. The number of benzene rings is 2. The molecule has 0 amide bonds. The van der Waals surface area contributed by atoms with Crippen LogP contribution in [0.15, 0.2) is 48.5 Å². The van der Waals surface area contributed by atoms with Gasteiger partial charge in [0, 0.05) is 0 Å². The van der Waals surface area contributed by atoms with Crippen molar-refractivity contribution in [2.24, 2.45) is 0 Å². The Bertz CT molecular complexity index is 603. The van der Waals surface area contributed by atoms with Crippen LogP contribution in [-0.2, 0) is 6.42 Å². The van der Waals surface area contributed by atoms with Crippen LogP contribution in [0.25, 0.3) is 5.57 Å². The average Bonchev–Trinajstić information content (AvgIpc) is 2.76. The van der Waals surface area contributed by atoms with Crippen LogP contribution in [-0.4, -0.2) is 0 Å². The second-order valence-corrected chi connectivity index (χ2v) is 4.78. The molecule has 0 heteroatoms. The summed E-state index contributed by atoms with van der Waals surface area (Å²) in [7, 11) is 0. The molecule has 17 heavy (non-hydrogen) atoms. The zero-order valence-electron chi connectivity index (χ0n) is 10.3. The first-order valence-corrected chi connectivity index (χ1v) is 6.12. The van der Waals surface area contributed by atoms with Gasteiger partial charge in [-0.3, -0.25) is 0 Å². The predicted molar refractivity (Wildman–Crippen MR) is 73.1 cm³/mol. The van der Waals surface area contributed by atoms with Crippen LogP contribution in [0.5, 0.6) is 0 Å². The summed E-state index contributed by atoms with van der Waals surface area (Å²) >= 11 is 0. The minimum Gasteiger partial charge on any atom is -0.0716 e. The van der Waals surface area contributed by atoms with Crippen molar-refractivity contribution < 1.29 is 0 Å². The molecule has 1 aliphatic rings. The third kappa shape index (κ3) is 1.70. The second-order valence-electron chi connectivity index (χ2n) is 4.78. The summed E-state index contributed by atoms with van der Waals surface area (Å²) in [6, 6.07) is 15.4. The van der Waals surface area contributed by atoms with E-state index in [0.29, 0.717) is 0 Å². The molecule has 0 bridgehead atoms. The Labute approximate surface area is 103 Å². The van der Waals surface area contributed by atoms with Gasteiger partial charge in [0.1, 0.15) is 0 Å². The summed E-state index contributed by atoms with van der Waals surface area (Å²) < 4.78 is 0. The van der Waals surface area contributed by atoms with Gasteiger partial charge in [0.25, 0.3) is 0 Å². The SMILES string of the molecule is Cc1ccc(C2=CCc3ccccc32)cc1C. The fourth-order valence-electron chi connectivity index (χ4n) is 2.47. The molecule has 0 aliphatic heterocycles. The molecule has 3 rings (SSSR count). The van der Waals surface area contributed by atoms with Crippen molar-refractivity contribution in [2.45, 2.75) is 20.3 Å². The number of hydrogen-bond acceptors (Lipinski definition) is 0. The molecule has 2 aromatic carbocycles. The first-order chi connectivity index (χ1) is 8.25. The molecule has 0 unspecified atom stereocenters. The van der Waals surface area contributed by atoms with Crippen molar-refractivity contribution >= 4 is 5.57 Å². The smallest absolute Gasteiger partial charge is 0.00819 e. The lowest BCUT2D eigenvalue weighted by molar-refractivity contribution is 1.31. The number of aryl methyl sites for hydroxylation is 2. The summed E-state index contributed by atoms with van der Waals surface area (Å²) in [5.41, 5.74) is 8.31. The highest BCUT2D eigenvalue weighted by atomic mass is 14.2. The maximum atomic E-state index is 2.34. The van der Waals surface area contributed by atoms with E-state index in [4.69, 9.17) is 0 Å². The van der Waals surface area contributed by atoms with E-state index in [9.17, 15) is 0 Å². The number of hydrogen-bond donors (Lipinski definition) is 0. The Morgan fingerprint density at radius 3 is 2.53 bits per heavy atom. The van der Waals surface area contributed by atoms with Crippen LogP contribution >= 0.6 is 0 Å². The number of allylic oxidation sites excluding steroid dienone is 1. The van der Waals surface area contributed by atoms with Crippen molar-refractivity contribution in [3.8, 4) is 0 Å². The Balaban J connectivity index is 2.10. The highest BCUT2D eigenvalue weighted by Gasteiger charge is 2.14. The summed E-state index contributed by atoms with van der Waals surface area (Å²) in [6.07, 6.45) is 3.41. The van der Waals surface area contributed by atoms with Crippen molar-refractivity contribution in [3.05, 3.63) is 76.4 Å². The molecule has 0 nitrogen and oxygen atoms in total. The molecular formula is C17H16. The molecule has 0 spiro atoms. The molecule has 0 atom stereocenters. The minimum absolute atomic E-state index is 1.07. The van der Waals surface area contributed by atoms with Crippen LogP contribution in [0.4, 0.5) is 0 Å². The third-order valence-corrected chi connectivity index (χ3v) is 3.65. The van der Waals surface area contributed by atoms with Crippen LogP contribution in [0.3, 0.4) is 0 Å². The zero-order valence-corrected chi connectivity index (χ0v) is 10.3. The topological polar surface area (TPSA) is 0 Å². The normalized spacial score (nSPS) is 13.4. The minimum atomic E-state index is 1.07. The van der Waals surface area contributed by atoms with E-state index in [1.54, 1.807) is 0 Å². The van der Waals surface area contributed by atoms with Gasteiger partial charge in [-0.05, 0) is 53.7 Å². The van der Waals surface area contributed by atoms with Gasteiger partial charge in [0.2, 0.25) is 0 Å². The van der Waals surface area contributed by atoms with E-state index >= 15 is 0 Å². The molecule has 0 saturated carbocycles. The number of fused-ring (bicyclic) bond motifs is 1. The number of rotatable bonds is 1. The molecule has 0 fully saturated rings. The van der Waals surface area contributed by atoms with Crippen molar-refractivity contribution in [3.63, 3.8) is 0 Å². The first-order valence-electron chi connectivity index (χ1n) is 6.12. The van der Waals surface area contributed by atoms with Crippen LogP contribution < -0.4 is 0 Å². The van der Waals surface area contributed by atoms with E-state index in [1.165, 1.54) is 33.4 Å². The molecule has 0 aromatic heterocycles.